The molecule has 2 bridgehead atoms. The highest BCUT2D eigenvalue weighted by molar-refractivity contribution is 5.85. The van der Waals surface area contributed by atoms with Crippen LogP contribution in [0.5, 0.6) is 0 Å². The van der Waals surface area contributed by atoms with Gasteiger partial charge in [0, 0.05) is 38.1 Å². The molecular formula is C21H39Cl2N3O. The van der Waals surface area contributed by atoms with E-state index in [0.29, 0.717) is 29.8 Å². The van der Waals surface area contributed by atoms with Crippen molar-refractivity contribution < 1.29 is 4.79 Å². The fourth-order valence-corrected chi connectivity index (χ4v) is 5.84. The second-order valence-electron chi connectivity index (χ2n) is 9.24. The van der Waals surface area contributed by atoms with Crippen LogP contribution in [0.3, 0.4) is 0 Å². The molecule has 3 atom stereocenters. The third-order valence-corrected chi connectivity index (χ3v) is 7.12. The Balaban J connectivity index is 0.00000131. The monoisotopic (exact) mass is 419 g/mol. The molecule has 27 heavy (non-hydrogen) atoms. The Morgan fingerprint density at radius 3 is 2.15 bits per heavy atom. The molecule has 4 aliphatic heterocycles. The molecule has 4 fully saturated rings. The van der Waals surface area contributed by atoms with Crippen LogP contribution >= 0.6 is 24.8 Å². The van der Waals surface area contributed by atoms with Crippen molar-refractivity contribution in [2.45, 2.75) is 82.7 Å². The first kappa shape index (κ1) is 23.3. The Hall–Kier alpha value is -0.0300. The van der Waals surface area contributed by atoms with Crippen molar-refractivity contribution in [3.63, 3.8) is 0 Å². The van der Waals surface area contributed by atoms with Crippen LogP contribution in [0.4, 0.5) is 0 Å². The molecule has 158 valence electrons. The summed E-state index contributed by atoms with van der Waals surface area (Å²) in [5.41, 5.74) is 0. The lowest BCUT2D eigenvalue weighted by molar-refractivity contribution is -0.134. The maximum absolute atomic E-state index is 12.9. The summed E-state index contributed by atoms with van der Waals surface area (Å²) in [6.07, 6.45) is 14.0. The van der Waals surface area contributed by atoms with Gasteiger partial charge in [-0.2, -0.15) is 0 Å². The molecule has 0 aromatic carbocycles. The van der Waals surface area contributed by atoms with Gasteiger partial charge in [0.25, 0.3) is 0 Å². The van der Waals surface area contributed by atoms with E-state index in [1.165, 1.54) is 83.8 Å². The smallest absolute Gasteiger partial charge is 0.222 e. The van der Waals surface area contributed by atoms with E-state index in [-0.39, 0.29) is 24.8 Å². The van der Waals surface area contributed by atoms with E-state index in [1.54, 1.807) is 0 Å². The molecule has 0 spiro atoms. The molecule has 4 saturated heterocycles. The van der Waals surface area contributed by atoms with Crippen molar-refractivity contribution >= 4 is 30.7 Å². The predicted octanol–water partition coefficient (Wildman–Crippen LogP) is 3.87. The van der Waals surface area contributed by atoms with Crippen molar-refractivity contribution in [3.8, 4) is 0 Å². The van der Waals surface area contributed by atoms with Gasteiger partial charge in [0.2, 0.25) is 5.91 Å². The topological polar surface area (TPSA) is 35.6 Å². The number of carbonyl (C=O) groups excluding carboxylic acids is 1. The molecule has 4 heterocycles. The number of halogens is 2. The van der Waals surface area contributed by atoms with E-state index in [2.05, 4.69) is 15.1 Å². The zero-order valence-electron chi connectivity index (χ0n) is 16.7. The first-order chi connectivity index (χ1) is 12.3. The molecule has 1 amide bonds. The van der Waals surface area contributed by atoms with Gasteiger partial charge in [0.15, 0.2) is 0 Å². The number of nitrogens with one attached hydrogen (secondary N) is 1. The van der Waals surface area contributed by atoms with Gasteiger partial charge in [-0.3, -0.25) is 4.79 Å². The number of hydrogen-bond donors (Lipinski definition) is 1. The second-order valence-corrected chi connectivity index (χ2v) is 9.24. The van der Waals surface area contributed by atoms with E-state index >= 15 is 0 Å². The van der Waals surface area contributed by atoms with Crippen molar-refractivity contribution in [2.24, 2.45) is 11.8 Å². The summed E-state index contributed by atoms with van der Waals surface area (Å²) in [5, 5.41) is 3.70. The van der Waals surface area contributed by atoms with Gasteiger partial charge in [-0.25, -0.2) is 0 Å². The molecule has 6 heteroatoms. The molecule has 3 unspecified atom stereocenters. The number of rotatable bonds is 4. The summed E-state index contributed by atoms with van der Waals surface area (Å²) in [5.74, 6) is 1.80. The van der Waals surface area contributed by atoms with Crippen LogP contribution in [0.2, 0.25) is 0 Å². The first-order valence-electron chi connectivity index (χ1n) is 11.0. The Morgan fingerprint density at radius 2 is 1.48 bits per heavy atom. The molecule has 0 aliphatic carbocycles. The summed E-state index contributed by atoms with van der Waals surface area (Å²) in [7, 11) is 0. The number of nitrogens with zero attached hydrogens (tertiary/aromatic N) is 2. The van der Waals surface area contributed by atoms with E-state index in [1.807, 2.05) is 0 Å². The van der Waals surface area contributed by atoms with Gasteiger partial charge >= 0.3 is 0 Å². The Labute approximate surface area is 178 Å². The molecule has 0 radical (unpaired) electrons. The molecular weight excluding hydrogens is 381 g/mol. The minimum atomic E-state index is 0. The van der Waals surface area contributed by atoms with Gasteiger partial charge in [0.1, 0.15) is 0 Å². The minimum absolute atomic E-state index is 0. The van der Waals surface area contributed by atoms with Gasteiger partial charge < -0.3 is 15.1 Å². The maximum Gasteiger partial charge on any atom is 0.222 e. The lowest BCUT2D eigenvalue weighted by Crippen LogP contribution is -2.45. The van der Waals surface area contributed by atoms with Gasteiger partial charge in [-0.1, -0.05) is 12.8 Å². The summed E-state index contributed by atoms with van der Waals surface area (Å²) in [4.78, 5) is 17.8. The van der Waals surface area contributed by atoms with E-state index < -0.39 is 0 Å². The van der Waals surface area contributed by atoms with Crippen molar-refractivity contribution in [2.75, 3.05) is 32.7 Å². The van der Waals surface area contributed by atoms with Gasteiger partial charge in [0.05, 0.1) is 0 Å². The van der Waals surface area contributed by atoms with Crippen LogP contribution in [0.15, 0.2) is 0 Å². The summed E-state index contributed by atoms with van der Waals surface area (Å²) in [6.45, 7) is 5.81. The number of fused-ring (bicyclic) bond motifs is 2. The fraction of sp³-hybridized carbons (Fsp3) is 0.952. The molecule has 0 aromatic rings. The van der Waals surface area contributed by atoms with Gasteiger partial charge in [-0.15, -0.1) is 24.8 Å². The predicted molar refractivity (Wildman–Crippen MR) is 116 cm³/mol. The van der Waals surface area contributed by atoms with Gasteiger partial charge in [-0.05, 0) is 76.3 Å². The van der Waals surface area contributed by atoms with Crippen molar-refractivity contribution in [3.05, 3.63) is 0 Å². The standard InChI is InChI=1S/C21H37N3O.2ClH/c25-21(14-18-12-19-7-8-20(13-18)22-19)24-11-5-6-17(16-24)15-23-9-3-1-2-4-10-23;;/h17-20,22H,1-16H2;2*1H. The quantitative estimate of drug-likeness (QED) is 0.750. The van der Waals surface area contributed by atoms with Crippen LogP contribution in [-0.4, -0.2) is 60.5 Å². The third kappa shape index (κ3) is 6.48. The first-order valence-corrected chi connectivity index (χ1v) is 11.0. The highest BCUT2D eigenvalue weighted by Crippen LogP contribution is 2.33. The van der Waals surface area contributed by atoms with Crippen LogP contribution < -0.4 is 5.32 Å². The third-order valence-electron chi connectivity index (χ3n) is 7.12. The molecule has 0 saturated carbocycles. The normalized spacial score (nSPS) is 34.3. The molecule has 0 aromatic heterocycles. The number of amides is 1. The highest BCUT2D eigenvalue weighted by Gasteiger charge is 2.35. The summed E-state index contributed by atoms with van der Waals surface area (Å²) < 4.78 is 0. The zero-order chi connectivity index (χ0) is 17.1. The van der Waals surface area contributed by atoms with E-state index in [9.17, 15) is 4.79 Å². The number of carbonyl (C=O) groups is 1. The van der Waals surface area contributed by atoms with Crippen molar-refractivity contribution in [1.29, 1.82) is 0 Å². The Kier molecular flexibility index (Phi) is 9.67. The largest absolute Gasteiger partial charge is 0.342 e. The van der Waals surface area contributed by atoms with Crippen molar-refractivity contribution in [1.82, 2.24) is 15.1 Å². The molecule has 4 aliphatic rings. The Bertz CT molecular complexity index is 445. The average molecular weight is 420 g/mol. The average Bonchev–Trinajstić information content (AvgIpc) is 2.81. The molecule has 4 nitrogen and oxygen atoms in total. The van der Waals surface area contributed by atoms with Crippen LogP contribution in [0, 0.1) is 11.8 Å². The zero-order valence-corrected chi connectivity index (χ0v) is 18.4. The Morgan fingerprint density at radius 1 is 0.815 bits per heavy atom. The number of likely N-dealkylation sites (tertiary alicyclic amines) is 2. The summed E-state index contributed by atoms with van der Waals surface area (Å²) >= 11 is 0. The highest BCUT2D eigenvalue weighted by atomic mass is 35.5. The van der Waals surface area contributed by atoms with Crippen LogP contribution in [-0.2, 0) is 4.79 Å². The second kappa shape index (κ2) is 11.2. The minimum Gasteiger partial charge on any atom is -0.342 e. The SMILES string of the molecule is Cl.Cl.O=C(CC1CC2CCC(C1)N2)N1CCCC(CN2CCCCCC2)C1. The number of hydrogen-bond acceptors (Lipinski definition) is 3. The van der Waals surface area contributed by atoms with E-state index in [0.717, 1.165) is 19.5 Å². The van der Waals surface area contributed by atoms with Crippen LogP contribution in [0.1, 0.15) is 70.6 Å². The molecule has 1 N–H and O–H groups in total. The molecule has 4 rings (SSSR count). The fourth-order valence-electron chi connectivity index (χ4n) is 5.84. The summed E-state index contributed by atoms with van der Waals surface area (Å²) in [6, 6.07) is 1.40. The number of piperidine rings is 2. The lowest BCUT2D eigenvalue weighted by Gasteiger charge is -2.37. The van der Waals surface area contributed by atoms with Crippen LogP contribution in [0.25, 0.3) is 0 Å². The van der Waals surface area contributed by atoms with E-state index in [4.69, 9.17) is 0 Å². The lowest BCUT2D eigenvalue weighted by atomic mass is 9.88. The maximum atomic E-state index is 12.9.